The minimum absolute atomic E-state index is 0.0637. The Morgan fingerprint density at radius 1 is 1.04 bits per heavy atom. The quantitative estimate of drug-likeness (QED) is 0.734. The molecule has 0 atom stereocenters. The zero-order valence-corrected chi connectivity index (χ0v) is 16.3. The Hall–Kier alpha value is -2.18. The van der Waals surface area contributed by atoms with Crippen molar-refractivity contribution in [1.82, 2.24) is 15.5 Å². The van der Waals surface area contributed by atoms with Crippen LogP contribution in [0.2, 0.25) is 0 Å². The summed E-state index contributed by atoms with van der Waals surface area (Å²) in [4.78, 5) is 27.6. The van der Waals surface area contributed by atoms with Crippen LogP contribution >= 0.6 is 11.3 Å². The van der Waals surface area contributed by atoms with Crippen molar-refractivity contribution < 1.29 is 9.59 Å². The third kappa shape index (κ3) is 6.81. The first-order valence-corrected chi connectivity index (χ1v) is 10.4. The summed E-state index contributed by atoms with van der Waals surface area (Å²) in [5.74, 6) is 0.180. The Morgan fingerprint density at radius 2 is 1.81 bits per heavy atom. The number of thiophene rings is 1. The number of carbonyl (C=O) groups excluding carboxylic acids is 2. The molecule has 0 saturated carbocycles. The van der Waals surface area contributed by atoms with Gasteiger partial charge in [0.2, 0.25) is 11.8 Å². The molecular formula is C21H27N3O2S. The van der Waals surface area contributed by atoms with Gasteiger partial charge in [-0.3, -0.25) is 14.5 Å². The molecule has 1 aliphatic heterocycles. The van der Waals surface area contributed by atoms with Crippen molar-refractivity contribution in [2.45, 2.75) is 38.3 Å². The SMILES string of the molecule is O=C(CN1CCC(NC(=O)CCc2ccccc2)CC1)NCc1cccs1. The zero-order valence-electron chi connectivity index (χ0n) is 15.5. The number of hydrogen-bond acceptors (Lipinski definition) is 4. The molecule has 2 amide bonds. The van der Waals surface area contributed by atoms with E-state index < -0.39 is 0 Å². The van der Waals surface area contributed by atoms with Crippen LogP contribution in [0.25, 0.3) is 0 Å². The monoisotopic (exact) mass is 385 g/mol. The fourth-order valence-electron chi connectivity index (χ4n) is 3.30. The molecule has 3 rings (SSSR count). The second-order valence-electron chi connectivity index (χ2n) is 6.96. The molecule has 2 aromatic rings. The Bertz CT molecular complexity index is 710. The van der Waals surface area contributed by atoms with Crippen LogP contribution < -0.4 is 10.6 Å². The average molecular weight is 386 g/mol. The fraction of sp³-hybridized carbons (Fsp3) is 0.429. The van der Waals surface area contributed by atoms with Crippen molar-refractivity contribution in [1.29, 1.82) is 0 Å². The van der Waals surface area contributed by atoms with Crippen LogP contribution in [0, 0.1) is 0 Å². The predicted molar refractivity (Wildman–Crippen MR) is 109 cm³/mol. The molecule has 1 aromatic carbocycles. The van der Waals surface area contributed by atoms with Gasteiger partial charge in [0.1, 0.15) is 0 Å². The largest absolute Gasteiger partial charge is 0.353 e. The number of hydrogen-bond donors (Lipinski definition) is 2. The summed E-state index contributed by atoms with van der Waals surface area (Å²) in [6.45, 7) is 2.72. The van der Waals surface area contributed by atoms with Gasteiger partial charge in [0, 0.05) is 30.4 Å². The number of amides is 2. The Labute approximate surface area is 164 Å². The van der Waals surface area contributed by atoms with E-state index in [0.717, 1.165) is 32.4 Å². The Morgan fingerprint density at radius 3 is 2.52 bits per heavy atom. The van der Waals surface area contributed by atoms with E-state index in [9.17, 15) is 9.59 Å². The van der Waals surface area contributed by atoms with Crippen molar-refractivity contribution >= 4 is 23.2 Å². The summed E-state index contributed by atoms with van der Waals surface area (Å²) >= 11 is 1.65. The number of aryl methyl sites for hydroxylation is 1. The van der Waals surface area contributed by atoms with Gasteiger partial charge in [0.15, 0.2) is 0 Å². The van der Waals surface area contributed by atoms with E-state index in [1.54, 1.807) is 11.3 Å². The Balaban J connectivity index is 1.30. The maximum Gasteiger partial charge on any atom is 0.234 e. The first-order chi connectivity index (χ1) is 13.2. The molecule has 0 unspecified atom stereocenters. The van der Waals surface area contributed by atoms with E-state index in [2.05, 4.69) is 27.7 Å². The smallest absolute Gasteiger partial charge is 0.234 e. The van der Waals surface area contributed by atoms with E-state index in [1.165, 1.54) is 10.4 Å². The number of nitrogens with one attached hydrogen (secondary N) is 2. The van der Waals surface area contributed by atoms with Crippen molar-refractivity contribution in [3.05, 3.63) is 58.3 Å². The highest BCUT2D eigenvalue weighted by Crippen LogP contribution is 2.11. The highest BCUT2D eigenvalue weighted by molar-refractivity contribution is 7.09. The number of piperidine rings is 1. The summed E-state index contributed by atoms with van der Waals surface area (Å²) in [5.41, 5.74) is 1.19. The number of carbonyl (C=O) groups is 2. The molecule has 1 fully saturated rings. The van der Waals surface area contributed by atoms with E-state index in [1.807, 2.05) is 35.7 Å². The molecule has 1 aromatic heterocycles. The van der Waals surface area contributed by atoms with Gasteiger partial charge < -0.3 is 10.6 Å². The van der Waals surface area contributed by atoms with Crippen LogP contribution in [-0.2, 0) is 22.6 Å². The second-order valence-corrected chi connectivity index (χ2v) is 7.99. The maximum absolute atomic E-state index is 12.2. The number of rotatable bonds is 8. The first kappa shape index (κ1) is 19.6. The fourth-order valence-corrected chi connectivity index (χ4v) is 3.94. The lowest BCUT2D eigenvalue weighted by molar-refractivity contribution is -0.124. The highest BCUT2D eigenvalue weighted by atomic mass is 32.1. The molecule has 0 aliphatic carbocycles. The average Bonchev–Trinajstić information content (AvgIpc) is 3.21. The maximum atomic E-state index is 12.2. The summed E-state index contributed by atoms with van der Waals surface area (Å²) < 4.78 is 0. The van der Waals surface area contributed by atoms with Crippen LogP contribution in [-0.4, -0.2) is 42.4 Å². The van der Waals surface area contributed by atoms with Gasteiger partial charge in [-0.25, -0.2) is 0 Å². The van der Waals surface area contributed by atoms with E-state index >= 15 is 0 Å². The summed E-state index contributed by atoms with van der Waals surface area (Å²) in [6, 6.07) is 14.3. The van der Waals surface area contributed by atoms with Gasteiger partial charge >= 0.3 is 0 Å². The van der Waals surface area contributed by atoms with Crippen molar-refractivity contribution in [3.8, 4) is 0 Å². The number of likely N-dealkylation sites (tertiary alicyclic amines) is 1. The van der Waals surface area contributed by atoms with Crippen LogP contribution in [0.5, 0.6) is 0 Å². The normalized spacial score (nSPS) is 15.4. The van der Waals surface area contributed by atoms with Gasteiger partial charge in [-0.15, -0.1) is 11.3 Å². The molecule has 0 radical (unpaired) electrons. The minimum atomic E-state index is 0.0637. The van der Waals surface area contributed by atoms with Gasteiger partial charge in [0.05, 0.1) is 13.1 Å². The van der Waals surface area contributed by atoms with Crippen LogP contribution in [0.4, 0.5) is 0 Å². The van der Waals surface area contributed by atoms with Crippen molar-refractivity contribution in [3.63, 3.8) is 0 Å². The molecule has 1 aliphatic rings. The van der Waals surface area contributed by atoms with Gasteiger partial charge in [-0.1, -0.05) is 36.4 Å². The van der Waals surface area contributed by atoms with Crippen molar-refractivity contribution in [2.24, 2.45) is 0 Å². The third-order valence-corrected chi connectivity index (χ3v) is 5.72. The zero-order chi connectivity index (χ0) is 18.9. The van der Waals surface area contributed by atoms with Gasteiger partial charge in [-0.2, -0.15) is 0 Å². The molecule has 27 heavy (non-hydrogen) atoms. The van der Waals surface area contributed by atoms with E-state index in [-0.39, 0.29) is 17.9 Å². The molecular weight excluding hydrogens is 358 g/mol. The summed E-state index contributed by atoms with van der Waals surface area (Å²) in [5, 5.41) is 8.12. The third-order valence-electron chi connectivity index (χ3n) is 4.84. The number of benzene rings is 1. The van der Waals surface area contributed by atoms with E-state index in [0.29, 0.717) is 19.5 Å². The van der Waals surface area contributed by atoms with Crippen LogP contribution in [0.3, 0.4) is 0 Å². The molecule has 2 N–H and O–H groups in total. The van der Waals surface area contributed by atoms with Crippen LogP contribution in [0.15, 0.2) is 47.8 Å². The molecule has 1 saturated heterocycles. The van der Waals surface area contributed by atoms with Crippen molar-refractivity contribution in [2.75, 3.05) is 19.6 Å². The number of nitrogens with zero attached hydrogens (tertiary/aromatic N) is 1. The predicted octanol–water partition coefficient (Wildman–Crippen LogP) is 2.58. The molecule has 144 valence electrons. The standard InChI is InChI=1S/C21H27N3O2S/c25-20(9-8-17-5-2-1-3-6-17)23-18-10-12-24(13-11-18)16-21(26)22-15-19-7-4-14-27-19/h1-7,14,18H,8-13,15-16H2,(H,22,26)(H,23,25). The molecule has 0 bridgehead atoms. The highest BCUT2D eigenvalue weighted by Gasteiger charge is 2.21. The molecule has 5 nitrogen and oxygen atoms in total. The Kier molecular flexibility index (Phi) is 7.42. The lowest BCUT2D eigenvalue weighted by Gasteiger charge is -2.31. The molecule has 0 spiro atoms. The van der Waals surface area contributed by atoms with Crippen LogP contribution in [0.1, 0.15) is 29.7 Å². The lowest BCUT2D eigenvalue weighted by atomic mass is 10.0. The first-order valence-electron chi connectivity index (χ1n) is 9.54. The van der Waals surface area contributed by atoms with Gasteiger partial charge in [-0.05, 0) is 36.3 Å². The summed E-state index contributed by atoms with van der Waals surface area (Å²) in [6.07, 6.45) is 3.09. The minimum Gasteiger partial charge on any atom is -0.353 e. The summed E-state index contributed by atoms with van der Waals surface area (Å²) in [7, 11) is 0. The molecule has 6 heteroatoms. The lowest BCUT2D eigenvalue weighted by Crippen LogP contribution is -2.47. The van der Waals surface area contributed by atoms with E-state index in [4.69, 9.17) is 0 Å². The topological polar surface area (TPSA) is 61.4 Å². The molecule has 2 heterocycles. The van der Waals surface area contributed by atoms with Gasteiger partial charge in [0.25, 0.3) is 0 Å². The second kappa shape index (κ2) is 10.2.